The van der Waals surface area contributed by atoms with E-state index in [4.69, 9.17) is 10.2 Å². The fourth-order valence-electron chi connectivity index (χ4n) is 1.33. The molecule has 0 fully saturated rings. The molecule has 0 amide bonds. The van der Waals surface area contributed by atoms with Crippen molar-refractivity contribution >= 4 is 11.8 Å². The van der Waals surface area contributed by atoms with Crippen LogP contribution in [0.1, 0.15) is 16.1 Å². The van der Waals surface area contributed by atoms with Crippen molar-refractivity contribution in [2.45, 2.75) is 13.0 Å². The van der Waals surface area contributed by atoms with Crippen LogP contribution in [-0.4, -0.2) is 47.5 Å². The van der Waals surface area contributed by atoms with Crippen molar-refractivity contribution in [3.05, 3.63) is 23.4 Å². The van der Waals surface area contributed by atoms with E-state index in [1.165, 1.54) is 7.11 Å². The molecule has 0 aromatic carbocycles. The van der Waals surface area contributed by atoms with Crippen LogP contribution in [0.25, 0.3) is 0 Å². The molecule has 94 valence electrons. The number of hydrogen-bond donors (Lipinski definition) is 3. The lowest BCUT2D eigenvalue weighted by atomic mass is 10.2. The maximum atomic E-state index is 11.3. The first-order valence-corrected chi connectivity index (χ1v) is 5.16. The van der Waals surface area contributed by atoms with E-state index >= 15 is 0 Å². The average molecular weight is 240 g/mol. The largest absolute Gasteiger partial charge is 0.465 e. The summed E-state index contributed by atoms with van der Waals surface area (Å²) in [6.07, 6.45) is 0. The molecule has 0 aliphatic heterocycles. The molecular formula is C11H16N2O4. The number of aryl methyl sites for hydroxylation is 1. The summed E-state index contributed by atoms with van der Waals surface area (Å²) in [5.41, 5.74) is 0.916. The highest BCUT2D eigenvalue weighted by Gasteiger charge is 2.12. The topological polar surface area (TPSA) is 91.7 Å². The zero-order valence-corrected chi connectivity index (χ0v) is 9.80. The van der Waals surface area contributed by atoms with Crippen LogP contribution >= 0.6 is 0 Å². The second kappa shape index (κ2) is 6.17. The fourth-order valence-corrected chi connectivity index (χ4v) is 1.33. The Bertz CT molecular complexity index is 391. The van der Waals surface area contributed by atoms with Gasteiger partial charge in [-0.3, -0.25) is 0 Å². The van der Waals surface area contributed by atoms with Gasteiger partial charge in [0.15, 0.2) is 0 Å². The van der Waals surface area contributed by atoms with E-state index < -0.39 is 12.0 Å². The summed E-state index contributed by atoms with van der Waals surface area (Å²) in [4.78, 5) is 15.5. The van der Waals surface area contributed by atoms with Crippen LogP contribution in [0.15, 0.2) is 12.1 Å². The molecule has 0 aliphatic carbocycles. The van der Waals surface area contributed by atoms with Crippen LogP contribution in [0.4, 0.5) is 5.82 Å². The molecule has 0 radical (unpaired) electrons. The Morgan fingerprint density at radius 1 is 1.47 bits per heavy atom. The summed E-state index contributed by atoms with van der Waals surface area (Å²) in [5.74, 6) is 0.0469. The third-order valence-electron chi connectivity index (χ3n) is 2.28. The molecule has 0 saturated carbocycles. The van der Waals surface area contributed by atoms with E-state index in [0.29, 0.717) is 17.1 Å². The van der Waals surface area contributed by atoms with E-state index in [0.717, 1.165) is 0 Å². The zero-order chi connectivity index (χ0) is 12.8. The Labute approximate surface area is 99.3 Å². The Morgan fingerprint density at radius 3 is 2.59 bits per heavy atom. The molecule has 1 aromatic heterocycles. The maximum Gasteiger partial charge on any atom is 0.339 e. The van der Waals surface area contributed by atoms with Crippen molar-refractivity contribution in [2.24, 2.45) is 0 Å². The maximum absolute atomic E-state index is 11.3. The van der Waals surface area contributed by atoms with Gasteiger partial charge in [0.1, 0.15) is 5.82 Å². The molecule has 0 spiro atoms. The van der Waals surface area contributed by atoms with Crippen LogP contribution in [0, 0.1) is 6.92 Å². The number of aromatic nitrogens is 1. The minimum Gasteiger partial charge on any atom is -0.465 e. The van der Waals surface area contributed by atoms with E-state index in [1.807, 2.05) is 0 Å². The quantitative estimate of drug-likeness (QED) is 0.625. The first-order valence-electron chi connectivity index (χ1n) is 5.16. The predicted molar refractivity (Wildman–Crippen MR) is 61.9 cm³/mol. The lowest BCUT2D eigenvalue weighted by molar-refractivity contribution is 0.0599. The molecule has 1 aromatic rings. The van der Waals surface area contributed by atoms with E-state index in [-0.39, 0.29) is 13.2 Å². The monoisotopic (exact) mass is 240 g/mol. The lowest BCUT2D eigenvalue weighted by Gasteiger charge is -2.14. The summed E-state index contributed by atoms with van der Waals surface area (Å²) in [6, 6.07) is 2.71. The number of methoxy groups -OCH3 is 1. The van der Waals surface area contributed by atoms with Crippen molar-refractivity contribution in [1.29, 1.82) is 0 Å². The van der Waals surface area contributed by atoms with Gasteiger partial charge in [-0.15, -0.1) is 0 Å². The fraction of sp³-hybridized carbons (Fsp3) is 0.455. The van der Waals surface area contributed by atoms with Gasteiger partial charge in [0.25, 0.3) is 0 Å². The van der Waals surface area contributed by atoms with E-state index in [2.05, 4.69) is 15.0 Å². The van der Waals surface area contributed by atoms with Gasteiger partial charge in [0.2, 0.25) is 0 Å². The summed E-state index contributed by atoms with van der Waals surface area (Å²) < 4.78 is 4.60. The predicted octanol–water partition coefficient (Wildman–Crippen LogP) is -0.0583. The summed E-state index contributed by atoms with van der Waals surface area (Å²) in [6.45, 7) is 1.29. The third-order valence-corrected chi connectivity index (χ3v) is 2.28. The molecule has 0 bridgehead atoms. The number of aliphatic hydroxyl groups excluding tert-OH is 2. The SMILES string of the molecule is COC(=O)c1ccc(NC(CO)CO)nc1C. The standard InChI is InChI=1S/C11H16N2O4/c1-7-9(11(16)17-2)3-4-10(12-7)13-8(5-14)6-15/h3-4,8,14-15H,5-6H2,1-2H3,(H,12,13). The molecule has 0 aliphatic rings. The van der Waals surface area contributed by atoms with Crippen LogP contribution in [0.5, 0.6) is 0 Å². The molecule has 0 atom stereocenters. The smallest absolute Gasteiger partial charge is 0.339 e. The molecule has 0 unspecified atom stereocenters. The number of nitrogens with zero attached hydrogens (tertiary/aromatic N) is 1. The Balaban J connectivity index is 2.85. The van der Waals surface area contributed by atoms with Gasteiger partial charge < -0.3 is 20.3 Å². The van der Waals surface area contributed by atoms with Gasteiger partial charge in [-0.25, -0.2) is 9.78 Å². The molecule has 17 heavy (non-hydrogen) atoms. The number of pyridine rings is 1. The highest BCUT2D eigenvalue weighted by molar-refractivity contribution is 5.90. The average Bonchev–Trinajstić information content (AvgIpc) is 2.35. The Kier molecular flexibility index (Phi) is 4.86. The van der Waals surface area contributed by atoms with Crippen molar-refractivity contribution in [3.8, 4) is 0 Å². The second-order valence-electron chi connectivity index (χ2n) is 3.53. The number of anilines is 1. The van der Waals surface area contributed by atoms with Crippen molar-refractivity contribution < 1.29 is 19.7 Å². The minimum absolute atomic E-state index is 0.198. The number of aliphatic hydroxyl groups is 2. The van der Waals surface area contributed by atoms with Gasteiger partial charge in [-0.05, 0) is 19.1 Å². The zero-order valence-electron chi connectivity index (χ0n) is 9.80. The number of ether oxygens (including phenoxy) is 1. The highest BCUT2D eigenvalue weighted by Crippen LogP contribution is 2.12. The molecule has 1 rings (SSSR count). The second-order valence-corrected chi connectivity index (χ2v) is 3.53. The Morgan fingerprint density at radius 2 is 2.12 bits per heavy atom. The first kappa shape index (κ1) is 13.4. The summed E-state index contributed by atoms with van der Waals surface area (Å²) >= 11 is 0. The van der Waals surface area contributed by atoms with Gasteiger partial charge in [0, 0.05) is 0 Å². The summed E-state index contributed by atoms with van der Waals surface area (Å²) in [5, 5.41) is 20.7. The minimum atomic E-state index is -0.467. The van der Waals surface area contributed by atoms with Crippen molar-refractivity contribution in [1.82, 2.24) is 4.98 Å². The normalized spacial score (nSPS) is 10.4. The van der Waals surface area contributed by atoms with E-state index in [1.54, 1.807) is 19.1 Å². The molecule has 3 N–H and O–H groups in total. The van der Waals surface area contributed by atoms with Crippen LogP contribution in [0.3, 0.4) is 0 Å². The van der Waals surface area contributed by atoms with Gasteiger partial charge in [-0.1, -0.05) is 0 Å². The molecule has 6 heteroatoms. The first-order chi connectivity index (χ1) is 8.12. The van der Waals surface area contributed by atoms with Crippen molar-refractivity contribution in [3.63, 3.8) is 0 Å². The molecule has 0 saturated heterocycles. The molecule has 1 heterocycles. The van der Waals surface area contributed by atoms with Gasteiger partial charge in [0.05, 0.1) is 37.6 Å². The number of carbonyl (C=O) groups is 1. The molecule has 6 nitrogen and oxygen atoms in total. The highest BCUT2D eigenvalue weighted by atomic mass is 16.5. The van der Waals surface area contributed by atoms with Crippen molar-refractivity contribution in [2.75, 3.05) is 25.6 Å². The third kappa shape index (κ3) is 3.40. The van der Waals surface area contributed by atoms with Crippen LogP contribution in [-0.2, 0) is 4.74 Å². The van der Waals surface area contributed by atoms with E-state index in [9.17, 15) is 4.79 Å². The van der Waals surface area contributed by atoms with Crippen LogP contribution in [0.2, 0.25) is 0 Å². The number of rotatable bonds is 5. The number of carbonyl (C=O) groups excluding carboxylic acids is 1. The van der Waals surface area contributed by atoms with Gasteiger partial charge >= 0.3 is 5.97 Å². The summed E-state index contributed by atoms with van der Waals surface area (Å²) in [7, 11) is 1.31. The molecular weight excluding hydrogens is 224 g/mol. The lowest BCUT2D eigenvalue weighted by Crippen LogP contribution is -2.28. The number of esters is 1. The number of nitrogens with one attached hydrogen (secondary N) is 1. The van der Waals surface area contributed by atoms with Gasteiger partial charge in [-0.2, -0.15) is 0 Å². The van der Waals surface area contributed by atoms with Crippen LogP contribution < -0.4 is 5.32 Å². The Hall–Kier alpha value is -1.66. The number of hydrogen-bond acceptors (Lipinski definition) is 6.